The van der Waals surface area contributed by atoms with Crippen molar-refractivity contribution < 1.29 is 4.79 Å². The highest BCUT2D eigenvalue weighted by Crippen LogP contribution is 2.17. The molecule has 0 aromatic heterocycles. The van der Waals surface area contributed by atoms with Crippen LogP contribution in [0, 0.1) is 6.92 Å². The van der Waals surface area contributed by atoms with Gasteiger partial charge in [-0.15, -0.1) is 0 Å². The van der Waals surface area contributed by atoms with Crippen LogP contribution in [0.4, 0.5) is 0 Å². The number of hydrogen-bond donors (Lipinski definition) is 1. The van der Waals surface area contributed by atoms with Gasteiger partial charge in [-0.1, -0.05) is 38.8 Å². The first-order valence-electron chi connectivity index (χ1n) is 5.21. The van der Waals surface area contributed by atoms with Gasteiger partial charge in [0.15, 0.2) is 0 Å². The van der Waals surface area contributed by atoms with E-state index < -0.39 is 0 Å². The molecule has 1 N–H and O–H groups in total. The fraction of sp³-hybridized carbons (Fsp3) is 0.417. The normalized spacial score (nSPS) is 12.2. The summed E-state index contributed by atoms with van der Waals surface area (Å²) in [4.78, 5) is 11.9. The van der Waals surface area contributed by atoms with E-state index in [1.807, 2.05) is 25.1 Å². The standard InChI is InChI=1S/C12H15Br2NO/c1-3-10(7-13)15-12(16)9-4-5-11(14)8(2)6-9/h4-6,10H,3,7H2,1-2H3,(H,15,16). The number of rotatable bonds is 4. The monoisotopic (exact) mass is 347 g/mol. The Kier molecular flexibility index (Phi) is 5.49. The summed E-state index contributed by atoms with van der Waals surface area (Å²) in [5.74, 6) is -0.0121. The van der Waals surface area contributed by atoms with E-state index in [9.17, 15) is 4.79 Å². The number of amides is 1. The smallest absolute Gasteiger partial charge is 0.251 e. The summed E-state index contributed by atoms with van der Waals surface area (Å²) in [5.41, 5.74) is 1.78. The summed E-state index contributed by atoms with van der Waals surface area (Å²) in [7, 11) is 0. The van der Waals surface area contributed by atoms with E-state index in [0.29, 0.717) is 5.56 Å². The Hall–Kier alpha value is -0.350. The molecule has 0 aliphatic carbocycles. The van der Waals surface area contributed by atoms with E-state index in [1.165, 1.54) is 0 Å². The zero-order valence-corrected chi connectivity index (χ0v) is 12.6. The fourth-order valence-corrected chi connectivity index (χ4v) is 2.17. The molecule has 16 heavy (non-hydrogen) atoms. The summed E-state index contributed by atoms with van der Waals surface area (Å²) in [6, 6.07) is 5.81. The topological polar surface area (TPSA) is 29.1 Å². The molecule has 1 atom stereocenters. The molecule has 0 saturated heterocycles. The first-order chi connectivity index (χ1) is 7.58. The average Bonchev–Trinajstić information content (AvgIpc) is 2.29. The molecular weight excluding hydrogens is 334 g/mol. The highest BCUT2D eigenvalue weighted by Gasteiger charge is 2.11. The van der Waals surface area contributed by atoms with Crippen LogP contribution in [0.25, 0.3) is 0 Å². The van der Waals surface area contributed by atoms with Crippen molar-refractivity contribution in [3.05, 3.63) is 33.8 Å². The molecule has 1 unspecified atom stereocenters. The molecule has 1 aromatic rings. The van der Waals surface area contributed by atoms with Gasteiger partial charge in [0.2, 0.25) is 0 Å². The molecule has 2 nitrogen and oxygen atoms in total. The lowest BCUT2D eigenvalue weighted by Crippen LogP contribution is -2.35. The third-order valence-electron chi connectivity index (χ3n) is 2.43. The van der Waals surface area contributed by atoms with Crippen LogP contribution in [0.2, 0.25) is 0 Å². The highest BCUT2D eigenvalue weighted by molar-refractivity contribution is 9.10. The second-order valence-electron chi connectivity index (χ2n) is 3.70. The zero-order chi connectivity index (χ0) is 12.1. The number of halogens is 2. The highest BCUT2D eigenvalue weighted by atomic mass is 79.9. The van der Waals surface area contributed by atoms with Gasteiger partial charge >= 0.3 is 0 Å². The van der Waals surface area contributed by atoms with Gasteiger partial charge in [0, 0.05) is 21.4 Å². The fourth-order valence-electron chi connectivity index (χ4n) is 1.30. The summed E-state index contributed by atoms with van der Waals surface area (Å²) >= 11 is 6.80. The van der Waals surface area contributed by atoms with Crippen molar-refractivity contribution in [1.29, 1.82) is 0 Å². The Morgan fingerprint density at radius 1 is 1.50 bits per heavy atom. The third-order valence-corrected chi connectivity index (χ3v) is 4.11. The third kappa shape index (κ3) is 3.59. The van der Waals surface area contributed by atoms with Crippen molar-refractivity contribution in [1.82, 2.24) is 5.32 Å². The van der Waals surface area contributed by atoms with Crippen LogP contribution >= 0.6 is 31.9 Å². The number of benzene rings is 1. The minimum Gasteiger partial charge on any atom is -0.348 e. The largest absolute Gasteiger partial charge is 0.348 e. The Labute approximate surface area is 113 Å². The molecule has 0 bridgehead atoms. The maximum atomic E-state index is 11.9. The number of carbonyl (C=O) groups is 1. The van der Waals surface area contributed by atoms with Gasteiger partial charge in [-0.3, -0.25) is 4.79 Å². The molecule has 1 amide bonds. The maximum Gasteiger partial charge on any atom is 0.251 e. The van der Waals surface area contributed by atoms with Gasteiger partial charge in [-0.2, -0.15) is 0 Å². The van der Waals surface area contributed by atoms with Crippen molar-refractivity contribution in [3.63, 3.8) is 0 Å². The number of alkyl halides is 1. The lowest BCUT2D eigenvalue weighted by atomic mass is 10.1. The molecule has 1 rings (SSSR count). The predicted molar refractivity (Wildman–Crippen MR) is 74.2 cm³/mol. The van der Waals surface area contributed by atoms with Crippen LogP contribution in [0.5, 0.6) is 0 Å². The van der Waals surface area contributed by atoms with E-state index in [0.717, 1.165) is 21.8 Å². The van der Waals surface area contributed by atoms with Crippen LogP contribution < -0.4 is 5.32 Å². The van der Waals surface area contributed by atoms with Crippen molar-refractivity contribution in [2.45, 2.75) is 26.3 Å². The molecule has 0 heterocycles. The van der Waals surface area contributed by atoms with Crippen LogP contribution in [-0.2, 0) is 0 Å². The molecule has 88 valence electrons. The van der Waals surface area contributed by atoms with Gasteiger partial charge in [0.1, 0.15) is 0 Å². The lowest BCUT2D eigenvalue weighted by molar-refractivity contribution is 0.0940. The van der Waals surface area contributed by atoms with Crippen LogP contribution in [0.1, 0.15) is 29.3 Å². The Morgan fingerprint density at radius 2 is 2.19 bits per heavy atom. The van der Waals surface area contributed by atoms with E-state index >= 15 is 0 Å². The first-order valence-corrected chi connectivity index (χ1v) is 7.13. The van der Waals surface area contributed by atoms with E-state index in [2.05, 4.69) is 44.1 Å². The lowest BCUT2D eigenvalue weighted by Gasteiger charge is -2.14. The molecule has 0 saturated carbocycles. The average molecular weight is 349 g/mol. The van der Waals surface area contributed by atoms with Gasteiger partial charge in [0.05, 0.1) is 0 Å². The Bertz CT molecular complexity index is 375. The van der Waals surface area contributed by atoms with Gasteiger partial charge in [-0.05, 0) is 37.1 Å². The molecule has 4 heteroatoms. The molecule has 0 aliphatic heterocycles. The molecule has 0 spiro atoms. The van der Waals surface area contributed by atoms with E-state index in [-0.39, 0.29) is 11.9 Å². The first kappa shape index (κ1) is 13.7. The summed E-state index contributed by atoms with van der Waals surface area (Å²) in [6.07, 6.45) is 0.923. The van der Waals surface area contributed by atoms with E-state index in [1.54, 1.807) is 0 Å². The van der Waals surface area contributed by atoms with Crippen molar-refractivity contribution in [2.75, 3.05) is 5.33 Å². The van der Waals surface area contributed by atoms with Crippen LogP contribution in [-0.4, -0.2) is 17.3 Å². The Morgan fingerprint density at radius 3 is 2.69 bits per heavy atom. The SMILES string of the molecule is CCC(CBr)NC(=O)c1ccc(Br)c(C)c1. The summed E-state index contributed by atoms with van der Waals surface area (Å²) in [5, 5.41) is 3.76. The van der Waals surface area contributed by atoms with Crippen molar-refractivity contribution >= 4 is 37.8 Å². The van der Waals surface area contributed by atoms with E-state index in [4.69, 9.17) is 0 Å². The number of hydrogen-bond acceptors (Lipinski definition) is 1. The number of carbonyl (C=O) groups excluding carboxylic acids is 1. The van der Waals surface area contributed by atoms with Gasteiger partial charge < -0.3 is 5.32 Å². The minimum absolute atomic E-state index is 0.0121. The second kappa shape index (κ2) is 6.40. The van der Waals surface area contributed by atoms with Crippen LogP contribution in [0.15, 0.2) is 22.7 Å². The Balaban J connectivity index is 2.76. The molecule has 1 aromatic carbocycles. The molecule has 0 aliphatic rings. The molecular formula is C12H15Br2NO. The quantitative estimate of drug-likeness (QED) is 0.826. The van der Waals surface area contributed by atoms with Crippen LogP contribution in [0.3, 0.4) is 0 Å². The van der Waals surface area contributed by atoms with Gasteiger partial charge in [0.25, 0.3) is 5.91 Å². The minimum atomic E-state index is -0.0121. The maximum absolute atomic E-state index is 11.9. The second-order valence-corrected chi connectivity index (χ2v) is 5.20. The molecule has 0 radical (unpaired) electrons. The number of aryl methyl sites for hydroxylation is 1. The predicted octanol–water partition coefficient (Wildman–Crippen LogP) is 3.66. The summed E-state index contributed by atoms with van der Waals surface area (Å²) in [6.45, 7) is 4.03. The zero-order valence-electron chi connectivity index (χ0n) is 9.39. The molecule has 0 fully saturated rings. The summed E-state index contributed by atoms with van der Waals surface area (Å²) < 4.78 is 1.02. The van der Waals surface area contributed by atoms with Gasteiger partial charge in [-0.25, -0.2) is 0 Å². The number of nitrogens with one attached hydrogen (secondary N) is 1. The van der Waals surface area contributed by atoms with Crippen molar-refractivity contribution in [2.24, 2.45) is 0 Å². The van der Waals surface area contributed by atoms with Crippen molar-refractivity contribution in [3.8, 4) is 0 Å².